The molecule has 1 saturated heterocycles. The molecule has 0 saturated carbocycles. The first-order chi connectivity index (χ1) is 14.1. The van der Waals surface area contributed by atoms with Gasteiger partial charge in [-0.1, -0.05) is 12.1 Å². The van der Waals surface area contributed by atoms with Gasteiger partial charge in [-0.2, -0.15) is 0 Å². The number of rotatable bonds is 5. The maximum absolute atomic E-state index is 12.3. The highest BCUT2D eigenvalue weighted by molar-refractivity contribution is 5.91. The summed E-state index contributed by atoms with van der Waals surface area (Å²) >= 11 is 0. The van der Waals surface area contributed by atoms with E-state index in [1.807, 2.05) is 30.3 Å². The number of carbonyl (C=O) groups is 1. The van der Waals surface area contributed by atoms with Gasteiger partial charge in [0.25, 0.3) is 5.56 Å². The molecular formula is C22H25N5O2. The highest BCUT2D eigenvalue weighted by Gasteiger charge is 2.14. The van der Waals surface area contributed by atoms with Crippen molar-refractivity contribution >= 4 is 28.2 Å². The lowest BCUT2D eigenvalue weighted by Crippen LogP contribution is -2.44. The van der Waals surface area contributed by atoms with Gasteiger partial charge in [0.1, 0.15) is 5.82 Å². The fraction of sp³-hybridized carbons (Fsp3) is 0.318. The molecule has 0 spiro atoms. The third-order valence-corrected chi connectivity index (χ3v) is 5.27. The number of piperazine rings is 1. The second-order valence-corrected chi connectivity index (χ2v) is 7.42. The van der Waals surface area contributed by atoms with Crippen LogP contribution in [0.4, 0.5) is 11.4 Å². The number of hydrogen-bond donors (Lipinski definition) is 2. The average Bonchev–Trinajstić information content (AvgIpc) is 2.74. The van der Waals surface area contributed by atoms with Crippen LogP contribution in [0.3, 0.4) is 0 Å². The second-order valence-electron chi connectivity index (χ2n) is 7.42. The zero-order valence-corrected chi connectivity index (χ0v) is 16.5. The summed E-state index contributed by atoms with van der Waals surface area (Å²) in [4.78, 5) is 36.3. The van der Waals surface area contributed by atoms with Gasteiger partial charge in [-0.25, -0.2) is 4.98 Å². The minimum atomic E-state index is -0.175. The molecule has 1 fully saturated rings. The van der Waals surface area contributed by atoms with Crippen molar-refractivity contribution in [2.45, 2.75) is 12.8 Å². The molecular weight excluding hydrogens is 366 g/mol. The molecule has 0 bridgehead atoms. The van der Waals surface area contributed by atoms with Crippen LogP contribution in [0.25, 0.3) is 10.9 Å². The number of aryl methyl sites for hydroxylation is 1. The number of nitrogens with zero attached hydrogens (tertiary/aromatic N) is 3. The Morgan fingerprint density at radius 2 is 1.79 bits per heavy atom. The Kier molecular flexibility index (Phi) is 5.57. The minimum absolute atomic E-state index is 0.104. The van der Waals surface area contributed by atoms with E-state index in [0.717, 1.165) is 31.9 Å². The average molecular weight is 391 g/mol. The van der Waals surface area contributed by atoms with Gasteiger partial charge in [0.2, 0.25) is 5.91 Å². The van der Waals surface area contributed by atoms with Crippen LogP contribution >= 0.6 is 0 Å². The molecule has 7 nitrogen and oxygen atoms in total. The molecule has 3 aromatic rings. The third kappa shape index (κ3) is 4.63. The summed E-state index contributed by atoms with van der Waals surface area (Å²) in [7, 11) is 2.14. The molecule has 2 aromatic carbocycles. The van der Waals surface area contributed by atoms with Crippen molar-refractivity contribution in [1.29, 1.82) is 0 Å². The van der Waals surface area contributed by atoms with E-state index in [-0.39, 0.29) is 17.9 Å². The van der Waals surface area contributed by atoms with Crippen LogP contribution in [-0.2, 0) is 11.2 Å². The number of likely N-dealkylation sites (N-methyl/N-ethyl adjacent to an activating group) is 1. The van der Waals surface area contributed by atoms with Crippen molar-refractivity contribution in [3.63, 3.8) is 0 Å². The maximum atomic E-state index is 12.3. The number of anilines is 2. The second kappa shape index (κ2) is 8.45. The standard InChI is InChI=1S/C22H25N5O2/c1-26-12-14-27(15-13-26)17-8-6-16(7-9-17)23-21(28)11-10-20-24-19-5-3-2-4-18(19)22(29)25-20/h2-9H,10-15H2,1H3,(H,23,28)(H,24,25,29). The van der Waals surface area contributed by atoms with Gasteiger partial charge in [0, 0.05) is 50.4 Å². The highest BCUT2D eigenvalue weighted by Crippen LogP contribution is 2.19. The lowest BCUT2D eigenvalue weighted by Gasteiger charge is -2.34. The molecule has 1 aliphatic heterocycles. The fourth-order valence-corrected chi connectivity index (χ4v) is 3.53. The fourth-order valence-electron chi connectivity index (χ4n) is 3.53. The first-order valence-corrected chi connectivity index (χ1v) is 9.90. The number of amides is 1. The molecule has 150 valence electrons. The normalized spacial score (nSPS) is 14.9. The largest absolute Gasteiger partial charge is 0.369 e. The Morgan fingerprint density at radius 3 is 2.55 bits per heavy atom. The van der Waals surface area contributed by atoms with Gasteiger partial charge in [-0.15, -0.1) is 0 Å². The van der Waals surface area contributed by atoms with Crippen LogP contribution in [0.1, 0.15) is 12.2 Å². The molecule has 1 aromatic heterocycles. The molecule has 1 aliphatic rings. The minimum Gasteiger partial charge on any atom is -0.369 e. The number of H-pyrrole nitrogens is 1. The van der Waals surface area contributed by atoms with E-state index in [4.69, 9.17) is 0 Å². The van der Waals surface area contributed by atoms with E-state index >= 15 is 0 Å². The van der Waals surface area contributed by atoms with Gasteiger partial charge in [-0.3, -0.25) is 9.59 Å². The number of nitrogens with one attached hydrogen (secondary N) is 2. The highest BCUT2D eigenvalue weighted by atomic mass is 16.1. The Morgan fingerprint density at radius 1 is 1.07 bits per heavy atom. The molecule has 0 atom stereocenters. The first-order valence-electron chi connectivity index (χ1n) is 9.90. The molecule has 0 radical (unpaired) electrons. The van der Waals surface area contributed by atoms with E-state index in [1.54, 1.807) is 18.2 Å². The van der Waals surface area contributed by atoms with Gasteiger partial charge in [0.15, 0.2) is 0 Å². The molecule has 0 aliphatic carbocycles. The number of fused-ring (bicyclic) bond motifs is 1. The summed E-state index contributed by atoms with van der Waals surface area (Å²) in [6.07, 6.45) is 0.632. The summed E-state index contributed by atoms with van der Waals surface area (Å²) in [5.41, 5.74) is 2.42. The van der Waals surface area contributed by atoms with E-state index in [2.05, 4.69) is 32.1 Å². The summed E-state index contributed by atoms with van der Waals surface area (Å²) < 4.78 is 0. The van der Waals surface area contributed by atoms with Crippen LogP contribution in [0.15, 0.2) is 53.3 Å². The molecule has 0 unspecified atom stereocenters. The molecule has 2 N–H and O–H groups in total. The Hall–Kier alpha value is -3.19. The van der Waals surface area contributed by atoms with E-state index < -0.39 is 0 Å². The maximum Gasteiger partial charge on any atom is 0.258 e. The molecule has 29 heavy (non-hydrogen) atoms. The predicted molar refractivity (Wildman–Crippen MR) is 115 cm³/mol. The zero-order chi connectivity index (χ0) is 20.2. The van der Waals surface area contributed by atoms with Crippen LogP contribution in [0.2, 0.25) is 0 Å². The van der Waals surface area contributed by atoms with Crippen molar-refractivity contribution in [3.8, 4) is 0 Å². The third-order valence-electron chi connectivity index (χ3n) is 5.27. The number of benzene rings is 2. The molecule has 1 amide bonds. The number of para-hydroxylation sites is 1. The summed E-state index contributed by atoms with van der Waals surface area (Å²) in [6.45, 7) is 4.14. The smallest absolute Gasteiger partial charge is 0.258 e. The Bertz CT molecular complexity index is 1050. The van der Waals surface area contributed by atoms with Gasteiger partial charge < -0.3 is 20.1 Å². The Balaban J connectivity index is 1.33. The van der Waals surface area contributed by atoms with E-state index in [0.29, 0.717) is 23.1 Å². The van der Waals surface area contributed by atoms with Crippen molar-refractivity contribution in [2.24, 2.45) is 0 Å². The number of hydrogen-bond acceptors (Lipinski definition) is 5. The van der Waals surface area contributed by atoms with Gasteiger partial charge >= 0.3 is 0 Å². The predicted octanol–water partition coefficient (Wildman–Crippen LogP) is 2.25. The SMILES string of the molecule is CN1CCN(c2ccc(NC(=O)CCc3nc4ccccc4c(=O)[nH]3)cc2)CC1. The molecule has 7 heteroatoms. The van der Waals surface area contributed by atoms with Gasteiger partial charge in [0.05, 0.1) is 10.9 Å². The summed E-state index contributed by atoms with van der Waals surface area (Å²) in [5, 5.41) is 3.47. The van der Waals surface area contributed by atoms with Crippen molar-refractivity contribution < 1.29 is 4.79 Å². The molecule has 2 heterocycles. The van der Waals surface area contributed by atoms with E-state index in [9.17, 15) is 9.59 Å². The monoisotopic (exact) mass is 391 g/mol. The van der Waals surface area contributed by atoms with Crippen molar-refractivity contribution in [2.75, 3.05) is 43.4 Å². The molecule has 4 rings (SSSR count). The summed E-state index contributed by atoms with van der Waals surface area (Å²) in [5.74, 6) is 0.419. The Labute approximate surface area is 169 Å². The van der Waals surface area contributed by atoms with Crippen LogP contribution < -0.4 is 15.8 Å². The lowest BCUT2D eigenvalue weighted by molar-refractivity contribution is -0.116. The van der Waals surface area contributed by atoms with E-state index in [1.165, 1.54) is 5.69 Å². The number of carbonyl (C=O) groups excluding carboxylic acids is 1. The van der Waals surface area contributed by atoms with Crippen LogP contribution in [0.5, 0.6) is 0 Å². The summed E-state index contributed by atoms with van der Waals surface area (Å²) in [6, 6.07) is 15.1. The van der Waals surface area contributed by atoms with Crippen molar-refractivity contribution in [1.82, 2.24) is 14.9 Å². The topological polar surface area (TPSA) is 81.3 Å². The quantitative estimate of drug-likeness (QED) is 0.697. The van der Waals surface area contributed by atoms with Gasteiger partial charge in [-0.05, 0) is 43.4 Å². The lowest BCUT2D eigenvalue weighted by atomic mass is 10.2. The van der Waals surface area contributed by atoms with Crippen molar-refractivity contribution in [3.05, 3.63) is 64.7 Å². The zero-order valence-electron chi connectivity index (χ0n) is 16.5. The first kappa shape index (κ1) is 19.1. The van der Waals surface area contributed by atoms with Crippen LogP contribution in [-0.4, -0.2) is 54.0 Å². The number of aromatic amines is 1. The van der Waals surface area contributed by atoms with Crippen LogP contribution in [0, 0.1) is 0 Å². The number of aromatic nitrogens is 2.